The smallest absolute Gasteiger partial charge is 0.377 e. The van der Waals surface area contributed by atoms with Gasteiger partial charge < -0.3 is 44.3 Å². The zero-order chi connectivity index (χ0) is 30.0. The van der Waals surface area contributed by atoms with E-state index in [2.05, 4.69) is 36.4 Å². The SMILES string of the molecule is CO[Si](CCC[N+](CC=Cc1ccccc1)(CCC[Si](OC)(OC)OC)CCC[Si](OC)(OC)OC)(OC)OC. The topological polar surface area (TPSA) is 83.1 Å². The second-order valence-corrected chi connectivity index (χ2v) is 19.0. The summed E-state index contributed by atoms with van der Waals surface area (Å²) in [6.07, 6.45) is 7.16. The summed E-state index contributed by atoms with van der Waals surface area (Å²) in [7, 11) is 6.91. The van der Waals surface area contributed by atoms with E-state index < -0.39 is 26.4 Å². The fourth-order valence-corrected chi connectivity index (χ4v) is 10.3. The second kappa shape index (κ2) is 19.4. The van der Waals surface area contributed by atoms with Crippen LogP contribution in [0.4, 0.5) is 0 Å². The van der Waals surface area contributed by atoms with Crippen molar-refractivity contribution in [3.8, 4) is 0 Å². The van der Waals surface area contributed by atoms with Gasteiger partial charge in [0.2, 0.25) is 0 Å². The van der Waals surface area contributed by atoms with Crippen molar-refractivity contribution in [3.63, 3.8) is 0 Å². The lowest BCUT2D eigenvalue weighted by Gasteiger charge is -2.40. The highest BCUT2D eigenvalue weighted by Crippen LogP contribution is 2.24. The minimum atomic E-state index is -2.69. The van der Waals surface area contributed by atoms with E-state index in [4.69, 9.17) is 39.8 Å². The summed E-state index contributed by atoms with van der Waals surface area (Å²) >= 11 is 0. The van der Waals surface area contributed by atoms with Crippen LogP contribution < -0.4 is 0 Å². The van der Waals surface area contributed by atoms with Crippen LogP contribution in [0.15, 0.2) is 36.4 Å². The zero-order valence-electron chi connectivity index (χ0n) is 26.2. The fraction of sp³-hybridized carbons (Fsp3) is 0.704. The van der Waals surface area contributed by atoms with Gasteiger partial charge in [-0.15, -0.1) is 0 Å². The summed E-state index contributed by atoms with van der Waals surface area (Å²) in [6, 6.07) is 12.6. The summed E-state index contributed by atoms with van der Waals surface area (Å²) in [6.45, 7) is 3.63. The number of benzene rings is 1. The van der Waals surface area contributed by atoms with Gasteiger partial charge >= 0.3 is 26.4 Å². The molecule has 0 aliphatic carbocycles. The van der Waals surface area contributed by atoms with Crippen molar-refractivity contribution in [1.82, 2.24) is 0 Å². The molecule has 0 spiro atoms. The first-order chi connectivity index (χ1) is 19.2. The molecule has 0 heterocycles. The van der Waals surface area contributed by atoms with E-state index in [0.29, 0.717) is 0 Å². The minimum absolute atomic E-state index is 0.735. The molecule has 0 saturated carbocycles. The van der Waals surface area contributed by atoms with Gasteiger partial charge in [-0.3, -0.25) is 0 Å². The highest BCUT2D eigenvalue weighted by atomic mass is 28.4. The molecule has 1 aromatic rings. The Morgan fingerprint density at radius 3 is 1.15 bits per heavy atom. The maximum Gasteiger partial charge on any atom is 0.500 e. The van der Waals surface area contributed by atoms with Crippen LogP contribution in [-0.2, 0) is 39.8 Å². The summed E-state index contributed by atoms with van der Waals surface area (Å²) < 4.78 is 52.3. The molecule has 0 radical (unpaired) electrons. The molecule has 0 atom stereocenters. The lowest BCUT2D eigenvalue weighted by molar-refractivity contribution is -0.923. The van der Waals surface area contributed by atoms with Crippen LogP contribution in [0.2, 0.25) is 18.1 Å². The van der Waals surface area contributed by atoms with Gasteiger partial charge in [0.05, 0.1) is 26.2 Å². The van der Waals surface area contributed by atoms with Gasteiger partial charge in [-0.1, -0.05) is 36.4 Å². The van der Waals surface area contributed by atoms with Crippen molar-refractivity contribution in [2.45, 2.75) is 37.4 Å². The largest absolute Gasteiger partial charge is 0.500 e. The molecule has 13 heteroatoms. The van der Waals surface area contributed by atoms with Crippen LogP contribution in [0.1, 0.15) is 24.8 Å². The van der Waals surface area contributed by atoms with Crippen molar-refractivity contribution in [2.24, 2.45) is 0 Å². The van der Waals surface area contributed by atoms with Gasteiger partial charge in [-0.25, -0.2) is 0 Å². The normalized spacial score (nSPS) is 13.4. The molecule has 0 saturated heterocycles. The van der Waals surface area contributed by atoms with Gasteiger partial charge in [0.25, 0.3) is 0 Å². The van der Waals surface area contributed by atoms with Gasteiger partial charge in [0, 0.05) is 101 Å². The molecule has 0 fully saturated rings. The standard InChI is InChI=1S/C27H54NO9Si3/c1-29-38(30-2,31-3)24-14-21-28(20-13-19-27-17-11-10-12-18-27,22-15-25-39(32-4,33-5)34-6)23-16-26-40(35-7,36-8)37-9/h10-13,17-19H,14-16,20-26H2,1-9H3/q+1. The number of hydrogen-bond acceptors (Lipinski definition) is 9. The van der Waals surface area contributed by atoms with E-state index >= 15 is 0 Å². The predicted molar refractivity (Wildman–Crippen MR) is 164 cm³/mol. The van der Waals surface area contributed by atoms with Gasteiger partial charge in [0.1, 0.15) is 0 Å². The van der Waals surface area contributed by atoms with Gasteiger partial charge in [-0.05, 0) is 11.6 Å². The fourth-order valence-electron chi connectivity index (χ4n) is 5.15. The van der Waals surface area contributed by atoms with Crippen molar-refractivity contribution < 1.29 is 44.3 Å². The summed E-state index contributed by atoms with van der Waals surface area (Å²) in [4.78, 5) is 0. The molecule has 0 unspecified atom stereocenters. The molecule has 40 heavy (non-hydrogen) atoms. The van der Waals surface area contributed by atoms with Crippen LogP contribution in [0.5, 0.6) is 0 Å². The average Bonchev–Trinajstić information content (AvgIpc) is 3.01. The van der Waals surface area contributed by atoms with Crippen LogP contribution in [-0.4, -0.2) is 121 Å². The monoisotopic (exact) mass is 620 g/mol. The first-order valence-electron chi connectivity index (χ1n) is 13.8. The van der Waals surface area contributed by atoms with E-state index in [-0.39, 0.29) is 0 Å². The molecule has 232 valence electrons. The average molecular weight is 621 g/mol. The Morgan fingerprint density at radius 1 is 0.525 bits per heavy atom. The zero-order valence-corrected chi connectivity index (χ0v) is 29.2. The summed E-state index contributed by atoms with van der Waals surface area (Å²) in [5, 5.41) is 0. The van der Waals surface area contributed by atoms with Crippen molar-refractivity contribution in [2.75, 3.05) is 90.2 Å². The van der Waals surface area contributed by atoms with E-state index in [1.165, 1.54) is 5.56 Å². The Hall–Kier alpha value is -0.789. The highest BCUT2D eigenvalue weighted by molar-refractivity contribution is 6.61. The number of nitrogens with zero attached hydrogens (tertiary/aromatic N) is 1. The summed E-state index contributed by atoms with van der Waals surface area (Å²) in [5.41, 5.74) is 1.18. The first kappa shape index (κ1) is 37.2. The first-order valence-corrected chi connectivity index (χ1v) is 19.6. The highest BCUT2D eigenvalue weighted by Gasteiger charge is 2.42. The molecule has 0 N–H and O–H groups in total. The third kappa shape index (κ3) is 11.5. The van der Waals surface area contributed by atoms with Crippen LogP contribution in [0.3, 0.4) is 0 Å². The molecule has 0 aliphatic heterocycles. The lowest BCUT2D eigenvalue weighted by Crippen LogP contribution is -2.53. The molecule has 0 bridgehead atoms. The minimum Gasteiger partial charge on any atom is -0.377 e. The molecule has 10 nitrogen and oxygen atoms in total. The van der Waals surface area contributed by atoms with Gasteiger partial charge in [-0.2, -0.15) is 0 Å². The maximum atomic E-state index is 5.71. The summed E-state index contributed by atoms with van der Waals surface area (Å²) in [5.74, 6) is 0. The Bertz CT molecular complexity index is 718. The Balaban J connectivity index is 3.26. The van der Waals surface area contributed by atoms with Crippen molar-refractivity contribution in [3.05, 3.63) is 42.0 Å². The molecule has 1 aromatic carbocycles. The molecule has 1 rings (SSSR count). The number of quaternary nitrogens is 1. The molecular formula is C27H54NO9Si3+. The molecular weight excluding hydrogens is 567 g/mol. The van der Waals surface area contributed by atoms with E-state index in [1.54, 1.807) is 64.0 Å². The quantitative estimate of drug-likeness (QED) is 0.124. The van der Waals surface area contributed by atoms with E-state index in [9.17, 15) is 0 Å². The van der Waals surface area contributed by atoms with E-state index in [0.717, 1.165) is 68.1 Å². The van der Waals surface area contributed by atoms with Crippen LogP contribution in [0.25, 0.3) is 6.08 Å². The molecule has 0 aliphatic rings. The van der Waals surface area contributed by atoms with Crippen LogP contribution in [0, 0.1) is 0 Å². The van der Waals surface area contributed by atoms with Crippen LogP contribution >= 0.6 is 0 Å². The second-order valence-electron chi connectivity index (χ2n) is 9.70. The lowest BCUT2D eigenvalue weighted by atomic mass is 10.2. The maximum absolute atomic E-state index is 5.71. The Kier molecular flexibility index (Phi) is 18.1. The van der Waals surface area contributed by atoms with Crippen molar-refractivity contribution in [1.29, 1.82) is 0 Å². The molecule has 0 amide bonds. The third-order valence-corrected chi connectivity index (χ3v) is 16.2. The Morgan fingerprint density at radius 2 is 0.850 bits per heavy atom. The number of rotatable bonds is 24. The Labute approximate surface area is 246 Å². The van der Waals surface area contributed by atoms with Gasteiger partial charge in [0.15, 0.2) is 0 Å². The van der Waals surface area contributed by atoms with Crippen molar-refractivity contribution >= 4 is 32.5 Å². The predicted octanol–water partition coefficient (Wildman–Crippen LogP) is 4.32. The van der Waals surface area contributed by atoms with E-state index in [1.807, 2.05) is 6.07 Å². The third-order valence-electron chi connectivity index (χ3n) is 7.75. The number of hydrogen-bond donors (Lipinski definition) is 0. The molecule has 0 aromatic heterocycles.